The number of hydrogen-bond donors (Lipinski definition) is 1. The molecule has 4 heteroatoms. The minimum Gasteiger partial charge on any atom is -0.478 e. The van der Waals surface area contributed by atoms with Gasteiger partial charge in [-0.05, 0) is 30.2 Å². The number of nitriles is 1. The molecule has 0 fully saturated rings. The largest absolute Gasteiger partial charge is 0.478 e. The van der Waals surface area contributed by atoms with Gasteiger partial charge in [0.25, 0.3) is 0 Å². The Bertz CT molecular complexity index is 510. The first kappa shape index (κ1) is 11.7. The third kappa shape index (κ3) is 2.34. The van der Waals surface area contributed by atoms with Crippen molar-refractivity contribution < 1.29 is 14.7 Å². The summed E-state index contributed by atoms with van der Waals surface area (Å²) in [5.41, 5.74) is 1.81. The van der Waals surface area contributed by atoms with E-state index in [0.717, 1.165) is 6.08 Å². The van der Waals surface area contributed by atoms with Crippen molar-refractivity contribution in [2.24, 2.45) is 0 Å². The summed E-state index contributed by atoms with van der Waals surface area (Å²) in [6, 6.07) is 5.02. The highest BCUT2D eigenvalue weighted by Gasteiger charge is 2.07. The van der Waals surface area contributed by atoms with Crippen LogP contribution in [0.2, 0.25) is 0 Å². The molecule has 0 saturated carbocycles. The second-order valence-electron chi connectivity index (χ2n) is 3.14. The highest BCUT2D eigenvalue weighted by Crippen LogP contribution is 2.17. The van der Waals surface area contributed by atoms with Crippen LogP contribution in [0.3, 0.4) is 0 Å². The summed E-state index contributed by atoms with van der Waals surface area (Å²) in [6.07, 6.45) is 2.99. The normalized spacial score (nSPS) is 10.0. The number of carboxylic acid groups (broad SMARTS) is 1. The van der Waals surface area contributed by atoms with Crippen LogP contribution in [0.15, 0.2) is 18.2 Å². The van der Waals surface area contributed by atoms with Gasteiger partial charge in [0.15, 0.2) is 6.29 Å². The van der Waals surface area contributed by atoms with Crippen molar-refractivity contribution in [2.45, 2.75) is 6.92 Å². The molecule has 0 aliphatic carbocycles. The Labute approximate surface area is 92.4 Å². The minimum absolute atomic E-state index is 0.292. The highest BCUT2D eigenvalue weighted by atomic mass is 16.4. The lowest BCUT2D eigenvalue weighted by Crippen LogP contribution is -1.95. The molecule has 16 heavy (non-hydrogen) atoms. The average Bonchev–Trinajstić information content (AvgIpc) is 2.26. The molecule has 1 rings (SSSR count). The van der Waals surface area contributed by atoms with E-state index in [1.165, 1.54) is 12.1 Å². The highest BCUT2D eigenvalue weighted by molar-refractivity contribution is 5.88. The van der Waals surface area contributed by atoms with Crippen LogP contribution in [0.4, 0.5) is 0 Å². The number of aliphatic carboxylic acids is 1. The van der Waals surface area contributed by atoms with Gasteiger partial charge >= 0.3 is 5.97 Å². The molecule has 0 aliphatic rings. The Hall–Kier alpha value is -2.41. The van der Waals surface area contributed by atoms with E-state index >= 15 is 0 Å². The molecule has 0 aromatic heterocycles. The summed E-state index contributed by atoms with van der Waals surface area (Å²) in [6.45, 7) is 1.67. The van der Waals surface area contributed by atoms with Crippen LogP contribution >= 0.6 is 0 Å². The second kappa shape index (κ2) is 4.89. The molecule has 1 aromatic rings. The molecule has 0 aliphatic heterocycles. The lowest BCUT2D eigenvalue weighted by atomic mass is 9.98. The van der Waals surface area contributed by atoms with Crippen molar-refractivity contribution in [1.82, 2.24) is 0 Å². The van der Waals surface area contributed by atoms with Crippen molar-refractivity contribution in [3.8, 4) is 6.07 Å². The van der Waals surface area contributed by atoms with Crippen molar-refractivity contribution in [3.05, 3.63) is 40.5 Å². The molecule has 0 atom stereocenters. The molecule has 1 N–H and O–H groups in total. The number of aldehydes is 1. The number of benzene rings is 1. The summed E-state index contributed by atoms with van der Waals surface area (Å²) in [5.74, 6) is -1.06. The van der Waals surface area contributed by atoms with Crippen LogP contribution in [0.5, 0.6) is 0 Å². The standard InChI is InChI=1S/C12H9NO3/c1-8-9(4-5-12(15)16)2-3-10(6-13)11(8)7-14/h2-5,7H,1H3,(H,15,16)/b5-4+. The van der Waals surface area contributed by atoms with E-state index in [4.69, 9.17) is 10.4 Å². The number of carbonyl (C=O) groups excluding carboxylic acids is 1. The zero-order valence-electron chi connectivity index (χ0n) is 8.60. The summed E-state index contributed by atoms with van der Waals surface area (Å²) in [5, 5.41) is 17.2. The Kier molecular flexibility index (Phi) is 3.57. The minimum atomic E-state index is -1.06. The summed E-state index contributed by atoms with van der Waals surface area (Å²) < 4.78 is 0. The van der Waals surface area contributed by atoms with Crippen molar-refractivity contribution >= 4 is 18.3 Å². The Balaban J connectivity index is 3.31. The summed E-state index contributed by atoms with van der Waals surface area (Å²) in [7, 11) is 0. The molecule has 0 spiro atoms. The first-order valence-corrected chi connectivity index (χ1v) is 4.50. The Morgan fingerprint density at radius 1 is 1.50 bits per heavy atom. The monoisotopic (exact) mass is 215 g/mol. The van der Waals surface area contributed by atoms with Crippen LogP contribution in [0.1, 0.15) is 27.0 Å². The van der Waals surface area contributed by atoms with E-state index in [1.807, 2.05) is 6.07 Å². The van der Waals surface area contributed by atoms with Crippen LogP contribution in [0.25, 0.3) is 6.08 Å². The predicted molar refractivity (Wildman–Crippen MR) is 58.0 cm³/mol. The van der Waals surface area contributed by atoms with E-state index in [2.05, 4.69) is 0 Å². The molecule has 1 aromatic carbocycles. The number of carboxylic acids is 1. The molecule has 0 radical (unpaired) electrons. The number of carbonyl (C=O) groups is 2. The maximum absolute atomic E-state index is 10.8. The van der Waals surface area contributed by atoms with Gasteiger partial charge in [-0.2, -0.15) is 5.26 Å². The van der Waals surface area contributed by atoms with Crippen molar-refractivity contribution in [3.63, 3.8) is 0 Å². The lowest BCUT2D eigenvalue weighted by Gasteiger charge is -2.04. The zero-order chi connectivity index (χ0) is 12.1. The molecular formula is C12H9NO3. The van der Waals surface area contributed by atoms with Gasteiger partial charge in [0.1, 0.15) is 0 Å². The zero-order valence-corrected chi connectivity index (χ0v) is 8.60. The summed E-state index contributed by atoms with van der Waals surface area (Å²) in [4.78, 5) is 21.2. The van der Waals surface area contributed by atoms with Gasteiger partial charge < -0.3 is 5.11 Å². The molecule has 4 nitrogen and oxygen atoms in total. The fourth-order valence-corrected chi connectivity index (χ4v) is 1.34. The number of hydrogen-bond acceptors (Lipinski definition) is 3. The Morgan fingerprint density at radius 3 is 2.69 bits per heavy atom. The van der Waals surface area contributed by atoms with Gasteiger partial charge in [0, 0.05) is 11.6 Å². The molecule has 0 bridgehead atoms. The van der Waals surface area contributed by atoms with E-state index in [0.29, 0.717) is 28.5 Å². The molecule has 80 valence electrons. The molecule has 0 unspecified atom stereocenters. The van der Waals surface area contributed by atoms with Crippen LogP contribution < -0.4 is 0 Å². The van der Waals surface area contributed by atoms with Crippen LogP contribution in [-0.2, 0) is 4.79 Å². The van der Waals surface area contributed by atoms with Gasteiger partial charge in [0.05, 0.1) is 11.6 Å². The molecule has 0 saturated heterocycles. The average molecular weight is 215 g/mol. The van der Waals surface area contributed by atoms with Crippen molar-refractivity contribution in [1.29, 1.82) is 5.26 Å². The number of nitrogens with zero attached hydrogens (tertiary/aromatic N) is 1. The Morgan fingerprint density at radius 2 is 2.19 bits per heavy atom. The van der Waals surface area contributed by atoms with Crippen LogP contribution in [-0.4, -0.2) is 17.4 Å². The van der Waals surface area contributed by atoms with E-state index in [1.54, 1.807) is 13.0 Å². The maximum atomic E-state index is 10.8. The predicted octanol–water partition coefficient (Wildman–Crippen LogP) is 1.78. The van der Waals surface area contributed by atoms with Gasteiger partial charge in [0.2, 0.25) is 0 Å². The van der Waals surface area contributed by atoms with E-state index in [9.17, 15) is 9.59 Å². The van der Waals surface area contributed by atoms with Gasteiger partial charge in [-0.15, -0.1) is 0 Å². The summed E-state index contributed by atoms with van der Waals surface area (Å²) >= 11 is 0. The first-order chi connectivity index (χ1) is 7.60. The van der Waals surface area contributed by atoms with E-state index < -0.39 is 5.97 Å². The van der Waals surface area contributed by atoms with Gasteiger partial charge in [-0.25, -0.2) is 4.79 Å². The maximum Gasteiger partial charge on any atom is 0.328 e. The topological polar surface area (TPSA) is 78.2 Å². The number of rotatable bonds is 3. The van der Waals surface area contributed by atoms with Gasteiger partial charge in [-0.3, -0.25) is 4.79 Å². The fraction of sp³-hybridized carbons (Fsp3) is 0.0833. The first-order valence-electron chi connectivity index (χ1n) is 4.50. The van der Waals surface area contributed by atoms with Crippen LogP contribution in [0, 0.1) is 18.3 Å². The third-order valence-corrected chi connectivity index (χ3v) is 2.20. The molecule has 0 amide bonds. The fourth-order valence-electron chi connectivity index (χ4n) is 1.34. The lowest BCUT2D eigenvalue weighted by molar-refractivity contribution is -0.131. The van der Waals surface area contributed by atoms with Crippen molar-refractivity contribution in [2.75, 3.05) is 0 Å². The second-order valence-corrected chi connectivity index (χ2v) is 3.14. The van der Waals surface area contributed by atoms with E-state index in [-0.39, 0.29) is 0 Å². The molecular weight excluding hydrogens is 206 g/mol. The SMILES string of the molecule is Cc1c(/C=C/C(=O)O)ccc(C#N)c1C=O. The van der Waals surface area contributed by atoms with Gasteiger partial charge in [-0.1, -0.05) is 6.07 Å². The smallest absolute Gasteiger partial charge is 0.328 e. The quantitative estimate of drug-likeness (QED) is 0.615. The molecule has 0 heterocycles. The third-order valence-electron chi connectivity index (χ3n) is 2.20.